The lowest BCUT2D eigenvalue weighted by atomic mass is 10.2. The fraction of sp³-hybridized carbons (Fsp3) is 0.114. The maximum Gasteiger partial charge on any atom is 0.328 e. The van der Waals surface area contributed by atoms with Crippen molar-refractivity contribution in [2.45, 2.75) is 6.54 Å². The van der Waals surface area contributed by atoms with Crippen molar-refractivity contribution in [1.82, 2.24) is 5.32 Å². The molecule has 0 atom stereocenters. The normalized spacial score (nSPS) is 9.78. The molecule has 0 fully saturated rings. The molecule has 0 aromatic heterocycles. The lowest BCUT2D eigenvalue weighted by molar-refractivity contribution is -0.134. The van der Waals surface area contributed by atoms with E-state index in [-0.39, 0.29) is 0 Å². The van der Waals surface area contributed by atoms with Crippen molar-refractivity contribution in [1.29, 1.82) is 10.5 Å². The van der Waals surface area contributed by atoms with Crippen molar-refractivity contribution in [2.24, 2.45) is 0 Å². The predicted octanol–water partition coefficient (Wildman–Crippen LogP) is 7.27. The Labute approximate surface area is 291 Å². The van der Waals surface area contributed by atoms with Crippen LogP contribution < -0.4 is 24.3 Å². The number of carbonyl (C=O) groups excluding carboxylic acids is 1. The highest BCUT2D eigenvalue weighted by atomic mass is 35.5. The summed E-state index contributed by atoms with van der Waals surface area (Å²) in [7, 11) is 4.94. The maximum absolute atomic E-state index is 10.8. The Balaban J connectivity index is 0.000000280. The first-order valence-electron chi connectivity index (χ1n) is 13.8. The Morgan fingerprint density at radius 1 is 0.735 bits per heavy atom. The van der Waals surface area contributed by atoms with Crippen molar-refractivity contribution < 1.29 is 43.5 Å². The van der Waals surface area contributed by atoms with E-state index in [0.29, 0.717) is 80.5 Å². The standard InChI is InChI=1S/C16H15ClN2O2.C15H10ClNO3.C4H4O4/c1-19-10-12-4-6-14(8-15(12)20-2)21-16-7-13(17)5-3-11(16)9-18;1-19-14-7-13(5-3-11(14)9-18)20-15-6-12(16)4-2-10(15)8-17;5-3(6)1-2-4(7)8/h3-8,19H,10H2,1-2H3;2-7,9H,1H3;1-2H,(H,5,6)(H,7,8)/b;;2-1+. The molecule has 0 spiro atoms. The van der Waals surface area contributed by atoms with Gasteiger partial charge in [0.25, 0.3) is 0 Å². The number of hydrogen-bond acceptors (Lipinski definition) is 10. The molecule has 0 heterocycles. The fourth-order valence-electron chi connectivity index (χ4n) is 3.72. The molecule has 0 aliphatic carbocycles. The lowest BCUT2D eigenvalue weighted by Gasteiger charge is -2.12. The zero-order valence-electron chi connectivity index (χ0n) is 26.3. The number of ether oxygens (including phenoxy) is 4. The second-order valence-electron chi connectivity index (χ2n) is 9.24. The minimum atomic E-state index is -1.26. The monoisotopic (exact) mass is 705 g/mol. The van der Waals surface area contributed by atoms with Gasteiger partial charge in [0.15, 0.2) is 6.29 Å². The smallest absolute Gasteiger partial charge is 0.328 e. The van der Waals surface area contributed by atoms with Crippen LogP contribution in [0.3, 0.4) is 0 Å². The van der Waals surface area contributed by atoms with Crippen LogP contribution in [0.4, 0.5) is 0 Å². The van der Waals surface area contributed by atoms with Crippen LogP contribution in [0.2, 0.25) is 10.0 Å². The van der Waals surface area contributed by atoms with E-state index >= 15 is 0 Å². The number of hydrogen-bond donors (Lipinski definition) is 3. The summed E-state index contributed by atoms with van der Waals surface area (Å²) in [6.07, 6.45) is 1.81. The minimum absolute atomic E-state index is 0.348. The molecule has 3 N–H and O–H groups in total. The molecular weight excluding hydrogens is 677 g/mol. The molecule has 0 bridgehead atoms. The number of aliphatic carboxylic acids is 2. The van der Waals surface area contributed by atoms with Gasteiger partial charge in [0.2, 0.25) is 0 Å². The van der Waals surface area contributed by atoms with Crippen molar-refractivity contribution >= 4 is 41.4 Å². The van der Waals surface area contributed by atoms with Gasteiger partial charge in [-0.25, -0.2) is 9.59 Å². The summed E-state index contributed by atoms with van der Waals surface area (Å²) in [5.74, 6) is 0.422. The number of aldehydes is 1. The topological polar surface area (TPSA) is 188 Å². The first kappa shape index (κ1) is 39.1. The average Bonchev–Trinajstić information content (AvgIpc) is 3.09. The largest absolute Gasteiger partial charge is 0.496 e. The van der Waals surface area contributed by atoms with Gasteiger partial charge in [-0.1, -0.05) is 29.3 Å². The fourth-order valence-corrected chi connectivity index (χ4v) is 4.04. The van der Waals surface area contributed by atoms with E-state index in [0.717, 1.165) is 11.3 Å². The van der Waals surface area contributed by atoms with Crippen LogP contribution in [0.15, 0.2) is 84.9 Å². The molecule has 0 saturated heterocycles. The highest BCUT2D eigenvalue weighted by molar-refractivity contribution is 6.31. The maximum atomic E-state index is 10.8. The van der Waals surface area contributed by atoms with Gasteiger partial charge in [-0.2, -0.15) is 10.5 Å². The number of halogens is 2. The summed E-state index contributed by atoms with van der Waals surface area (Å²) in [6, 6.07) is 24.1. The van der Waals surface area contributed by atoms with Crippen molar-refractivity contribution in [3.05, 3.63) is 117 Å². The Morgan fingerprint density at radius 3 is 1.61 bits per heavy atom. The number of nitrogens with zero attached hydrogens (tertiary/aromatic N) is 2. The third-order valence-corrected chi connectivity index (χ3v) is 6.38. The van der Waals surface area contributed by atoms with Crippen molar-refractivity contribution in [3.63, 3.8) is 0 Å². The van der Waals surface area contributed by atoms with E-state index < -0.39 is 11.9 Å². The number of nitrogens with one attached hydrogen (secondary N) is 1. The van der Waals surface area contributed by atoms with Gasteiger partial charge in [0, 0.05) is 58.6 Å². The minimum Gasteiger partial charge on any atom is -0.496 e. The van der Waals surface area contributed by atoms with E-state index in [2.05, 4.69) is 11.4 Å². The number of methoxy groups -OCH3 is 2. The van der Waals surface area contributed by atoms with Gasteiger partial charge >= 0.3 is 11.9 Å². The first-order valence-corrected chi connectivity index (χ1v) is 14.6. The number of carboxylic acid groups (broad SMARTS) is 2. The van der Waals surface area contributed by atoms with Crippen LogP contribution in [0.5, 0.6) is 34.5 Å². The Hall–Kier alpha value is -6.05. The number of benzene rings is 4. The third kappa shape index (κ3) is 12.9. The van der Waals surface area contributed by atoms with Gasteiger partial charge in [0.1, 0.15) is 46.6 Å². The summed E-state index contributed by atoms with van der Waals surface area (Å²) in [5, 5.41) is 37.8. The zero-order chi connectivity index (χ0) is 36.3. The lowest BCUT2D eigenvalue weighted by Crippen LogP contribution is -2.06. The van der Waals surface area contributed by atoms with Gasteiger partial charge in [-0.3, -0.25) is 4.79 Å². The van der Waals surface area contributed by atoms with Crippen LogP contribution >= 0.6 is 23.2 Å². The molecule has 49 heavy (non-hydrogen) atoms. The van der Waals surface area contributed by atoms with Crippen LogP contribution in [-0.4, -0.2) is 49.7 Å². The van der Waals surface area contributed by atoms with Crippen molar-refractivity contribution in [3.8, 4) is 46.6 Å². The second-order valence-corrected chi connectivity index (χ2v) is 10.1. The first-order chi connectivity index (χ1) is 23.5. The van der Waals surface area contributed by atoms with Gasteiger partial charge in [0.05, 0.1) is 30.9 Å². The summed E-state index contributed by atoms with van der Waals surface area (Å²) in [4.78, 5) is 29.9. The number of nitriles is 2. The third-order valence-electron chi connectivity index (χ3n) is 5.91. The van der Waals surface area contributed by atoms with Crippen LogP contribution in [0, 0.1) is 22.7 Å². The molecule has 252 valence electrons. The quantitative estimate of drug-likeness (QED) is 0.105. The molecule has 4 aromatic carbocycles. The summed E-state index contributed by atoms with van der Waals surface area (Å²) < 4.78 is 21.8. The van der Waals surface area contributed by atoms with E-state index in [9.17, 15) is 14.4 Å². The van der Waals surface area contributed by atoms with E-state index in [1.807, 2.05) is 25.2 Å². The molecule has 0 unspecified atom stereocenters. The van der Waals surface area contributed by atoms with Crippen LogP contribution in [0.25, 0.3) is 0 Å². The van der Waals surface area contributed by atoms with Gasteiger partial charge < -0.3 is 34.5 Å². The van der Waals surface area contributed by atoms with Crippen LogP contribution in [-0.2, 0) is 16.1 Å². The van der Waals surface area contributed by atoms with Gasteiger partial charge in [-0.15, -0.1) is 0 Å². The average molecular weight is 707 g/mol. The second kappa shape index (κ2) is 20.2. The molecule has 4 aromatic rings. The van der Waals surface area contributed by atoms with E-state index in [4.69, 9.17) is 62.9 Å². The van der Waals surface area contributed by atoms with E-state index in [1.54, 1.807) is 67.8 Å². The molecule has 0 amide bonds. The molecule has 12 nitrogen and oxygen atoms in total. The number of carboxylic acids is 2. The molecule has 0 radical (unpaired) electrons. The van der Waals surface area contributed by atoms with E-state index in [1.165, 1.54) is 7.11 Å². The SMILES string of the molecule is CNCc1ccc(Oc2cc(Cl)ccc2C#N)cc1OC.COc1cc(Oc2cc(Cl)ccc2C#N)ccc1C=O.O=C(O)/C=C/C(=O)O. The molecule has 14 heteroatoms. The highest BCUT2D eigenvalue weighted by Gasteiger charge is 2.10. The van der Waals surface area contributed by atoms with Crippen LogP contribution in [0.1, 0.15) is 27.0 Å². The predicted molar refractivity (Wildman–Crippen MR) is 181 cm³/mol. The Bertz CT molecular complexity index is 1880. The Morgan fingerprint density at radius 2 is 1.20 bits per heavy atom. The highest BCUT2D eigenvalue weighted by Crippen LogP contribution is 2.33. The summed E-state index contributed by atoms with van der Waals surface area (Å²) >= 11 is 11.8. The zero-order valence-corrected chi connectivity index (χ0v) is 27.8. The Kier molecular flexibility index (Phi) is 16.2. The number of carbonyl (C=O) groups is 3. The summed E-state index contributed by atoms with van der Waals surface area (Å²) in [5.41, 5.74) is 2.25. The van der Waals surface area contributed by atoms with Gasteiger partial charge in [-0.05, 0) is 49.5 Å². The molecule has 0 saturated carbocycles. The molecule has 0 aliphatic rings. The molecular formula is C35H29Cl2N3O9. The molecule has 0 aliphatic heterocycles. The number of rotatable bonds is 11. The van der Waals surface area contributed by atoms with Crippen molar-refractivity contribution in [2.75, 3.05) is 21.3 Å². The summed E-state index contributed by atoms with van der Waals surface area (Å²) in [6.45, 7) is 0.698. The molecule has 4 rings (SSSR count).